The van der Waals surface area contributed by atoms with Crippen molar-refractivity contribution >= 4 is 11.6 Å². The second kappa shape index (κ2) is 5.86. The van der Waals surface area contributed by atoms with Gasteiger partial charge in [-0.2, -0.15) is 0 Å². The lowest BCUT2D eigenvalue weighted by molar-refractivity contribution is -0.133. The second-order valence-electron chi connectivity index (χ2n) is 6.08. The van der Waals surface area contributed by atoms with Gasteiger partial charge in [-0.05, 0) is 43.2 Å². The molecule has 0 bridgehead atoms. The summed E-state index contributed by atoms with van der Waals surface area (Å²) in [5.74, 6) is 1.16. The summed E-state index contributed by atoms with van der Waals surface area (Å²) >= 11 is 0. The molecule has 1 heterocycles. The number of carbonyl (C=O) groups is 1. The topological polar surface area (TPSA) is 32.3 Å². The number of anilines is 1. The van der Waals surface area contributed by atoms with E-state index in [4.69, 9.17) is 0 Å². The van der Waals surface area contributed by atoms with Gasteiger partial charge >= 0.3 is 0 Å². The van der Waals surface area contributed by atoms with Gasteiger partial charge in [-0.3, -0.25) is 4.79 Å². The summed E-state index contributed by atoms with van der Waals surface area (Å²) < 4.78 is 0. The Balaban J connectivity index is 1.78. The van der Waals surface area contributed by atoms with Gasteiger partial charge in [0.05, 0.1) is 5.92 Å². The van der Waals surface area contributed by atoms with Crippen molar-refractivity contribution in [1.29, 1.82) is 0 Å². The zero-order chi connectivity index (χ0) is 13.9. The fourth-order valence-corrected chi connectivity index (χ4v) is 3.12. The molecule has 0 radical (unpaired) electrons. The van der Waals surface area contributed by atoms with E-state index in [0.29, 0.717) is 5.91 Å². The van der Waals surface area contributed by atoms with Crippen LogP contribution in [0, 0.1) is 5.92 Å². The van der Waals surface area contributed by atoms with Crippen molar-refractivity contribution in [2.24, 2.45) is 5.92 Å². The van der Waals surface area contributed by atoms with E-state index in [2.05, 4.69) is 29.3 Å². The van der Waals surface area contributed by atoms with Crippen LogP contribution in [0.3, 0.4) is 0 Å². The molecule has 1 N–H and O–H groups in total. The molecule has 1 aliphatic heterocycles. The first-order valence-corrected chi connectivity index (χ1v) is 7.91. The Hall–Kier alpha value is -1.51. The number of rotatable bonds is 5. The van der Waals surface area contributed by atoms with Gasteiger partial charge in [0.25, 0.3) is 0 Å². The first-order valence-electron chi connectivity index (χ1n) is 7.91. The van der Waals surface area contributed by atoms with Crippen molar-refractivity contribution in [2.75, 3.05) is 25.0 Å². The zero-order valence-corrected chi connectivity index (χ0v) is 12.3. The summed E-state index contributed by atoms with van der Waals surface area (Å²) in [5, 5.41) is 3.40. The van der Waals surface area contributed by atoms with Crippen molar-refractivity contribution in [1.82, 2.24) is 4.90 Å². The Morgan fingerprint density at radius 1 is 1.30 bits per heavy atom. The summed E-state index contributed by atoms with van der Waals surface area (Å²) in [4.78, 5) is 15.0. The van der Waals surface area contributed by atoms with Crippen molar-refractivity contribution in [2.45, 2.75) is 38.5 Å². The number of nitrogens with one attached hydrogen (secondary N) is 1. The van der Waals surface area contributed by atoms with E-state index in [1.807, 2.05) is 12.1 Å². The second-order valence-corrected chi connectivity index (χ2v) is 6.08. The highest BCUT2D eigenvalue weighted by atomic mass is 16.2. The standard InChI is InChI=1S/C17H24N2O/c1-2-11-19(12-13-7-8-13)17(20)15-9-10-18-16-6-4-3-5-14(15)16/h3-6,13,15,18H,2,7-12H2,1H3. The van der Waals surface area contributed by atoms with Crippen LogP contribution in [0.25, 0.3) is 0 Å². The zero-order valence-electron chi connectivity index (χ0n) is 12.3. The lowest BCUT2D eigenvalue weighted by Gasteiger charge is -2.31. The number of benzene rings is 1. The third kappa shape index (κ3) is 2.82. The number of amides is 1. The van der Waals surface area contributed by atoms with Crippen LogP contribution in [0.15, 0.2) is 24.3 Å². The molecule has 1 fully saturated rings. The molecular weight excluding hydrogens is 248 g/mol. The molecule has 108 valence electrons. The molecule has 1 amide bonds. The molecule has 3 rings (SSSR count). The number of para-hydroxylation sites is 1. The number of hydrogen-bond donors (Lipinski definition) is 1. The lowest BCUT2D eigenvalue weighted by atomic mass is 9.89. The monoisotopic (exact) mass is 272 g/mol. The highest BCUT2D eigenvalue weighted by Gasteiger charge is 2.32. The maximum atomic E-state index is 12.9. The average molecular weight is 272 g/mol. The number of carbonyl (C=O) groups excluding carboxylic acids is 1. The van der Waals surface area contributed by atoms with E-state index < -0.39 is 0 Å². The third-order valence-corrected chi connectivity index (χ3v) is 4.36. The minimum absolute atomic E-state index is 0.0535. The van der Waals surface area contributed by atoms with Crippen molar-refractivity contribution in [3.8, 4) is 0 Å². The molecule has 1 aromatic rings. The molecule has 0 spiro atoms. The van der Waals surface area contributed by atoms with E-state index in [1.165, 1.54) is 18.4 Å². The minimum Gasteiger partial charge on any atom is -0.385 e. The number of hydrogen-bond acceptors (Lipinski definition) is 2. The predicted octanol–water partition coefficient (Wildman–Crippen LogP) is 3.23. The summed E-state index contributed by atoms with van der Waals surface area (Å²) in [6.07, 6.45) is 4.57. The fourth-order valence-electron chi connectivity index (χ4n) is 3.12. The van der Waals surface area contributed by atoms with Crippen molar-refractivity contribution < 1.29 is 4.79 Å². The molecule has 3 heteroatoms. The number of nitrogens with zero attached hydrogens (tertiary/aromatic N) is 1. The Morgan fingerprint density at radius 3 is 2.85 bits per heavy atom. The third-order valence-electron chi connectivity index (χ3n) is 4.36. The molecule has 1 atom stereocenters. The van der Waals surface area contributed by atoms with Gasteiger partial charge in [0.1, 0.15) is 0 Å². The molecule has 0 saturated heterocycles. The van der Waals surface area contributed by atoms with Gasteiger partial charge in [0, 0.05) is 25.3 Å². The molecule has 1 aromatic carbocycles. The molecule has 0 aromatic heterocycles. The van der Waals surface area contributed by atoms with E-state index in [1.54, 1.807) is 0 Å². The normalized spacial score (nSPS) is 20.9. The maximum Gasteiger partial charge on any atom is 0.230 e. The van der Waals surface area contributed by atoms with Crippen LogP contribution < -0.4 is 5.32 Å². The lowest BCUT2D eigenvalue weighted by Crippen LogP contribution is -2.39. The number of fused-ring (bicyclic) bond motifs is 1. The smallest absolute Gasteiger partial charge is 0.230 e. The summed E-state index contributed by atoms with van der Waals surface area (Å²) in [6, 6.07) is 8.26. The highest BCUT2D eigenvalue weighted by Crippen LogP contribution is 2.35. The molecule has 1 saturated carbocycles. The molecule has 1 unspecified atom stereocenters. The molecule has 20 heavy (non-hydrogen) atoms. The van der Waals surface area contributed by atoms with Crippen LogP contribution in [0.1, 0.15) is 44.1 Å². The first-order chi connectivity index (χ1) is 9.79. The summed E-state index contributed by atoms with van der Waals surface area (Å²) in [7, 11) is 0. The van der Waals surface area contributed by atoms with Crippen LogP contribution in [0.4, 0.5) is 5.69 Å². The van der Waals surface area contributed by atoms with Crippen molar-refractivity contribution in [3.05, 3.63) is 29.8 Å². The van der Waals surface area contributed by atoms with Gasteiger partial charge < -0.3 is 10.2 Å². The van der Waals surface area contributed by atoms with Crippen LogP contribution in [-0.2, 0) is 4.79 Å². The van der Waals surface area contributed by atoms with Crippen LogP contribution in [0.5, 0.6) is 0 Å². The fraction of sp³-hybridized carbons (Fsp3) is 0.588. The molecular formula is C17H24N2O. The van der Waals surface area contributed by atoms with Gasteiger partial charge in [-0.25, -0.2) is 0 Å². The Kier molecular flexibility index (Phi) is 3.95. The minimum atomic E-state index is 0.0535. The Labute approximate surface area is 121 Å². The van der Waals surface area contributed by atoms with E-state index in [9.17, 15) is 4.79 Å². The SMILES string of the molecule is CCCN(CC1CC1)C(=O)C1CCNc2ccccc21. The summed E-state index contributed by atoms with van der Waals surface area (Å²) in [6.45, 7) is 4.93. The molecule has 3 nitrogen and oxygen atoms in total. The van der Waals surface area contributed by atoms with Crippen LogP contribution in [0.2, 0.25) is 0 Å². The Morgan fingerprint density at radius 2 is 2.10 bits per heavy atom. The van der Waals surface area contributed by atoms with E-state index >= 15 is 0 Å². The Bertz CT molecular complexity index is 482. The van der Waals surface area contributed by atoms with Gasteiger partial charge in [-0.15, -0.1) is 0 Å². The average Bonchev–Trinajstić information content (AvgIpc) is 3.29. The van der Waals surface area contributed by atoms with E-state index in [-0.39, 0.29) is 5.92 Å². The van der Waals surface area contributed by atoms with Gasteiger partial charge in [0.15, 0.2) is 0 Å². The molecule has 1 aliphatic carbocycles. The van der Waals surface area contributed by atoms with Crippen LogP contribution in [-0.4, -0.2) is 30.4 Å². The predicted molar refractivity (Wildman–Crippen MR) is 81.9 cm³/mol. The first kappa shape index (κ1) is 13.5. The molecule has 2 aliphatic rings. The van der Waals surface area contributed by atoms with Crippen molar-refractivity contribution in [3.63, 3.8) is 0 Å². The van der Waals surface area contributed by atoms with Gasteiger partial charge in [0.2, 0.25) is 5.91 Å². The van der Waals surface area contributed by atoms with Gasteiger partial charge in [-0.1, -0.05) is 25.1 Å². The summed E-state index contributed by atoms with van der Waals surface area (Å²) in [5.41, 5.74) is 2.32. The van der Waals surface area contributed by atoms with E-state index in [0.717, 1.165) is 44.1 Å². The van der Waals surface area contributed by atoms with Crippen LogP contribution >= 0.6 is 0 Å². The highest BCUT2D eigenvalue weighted by molar-refractivity contribution is 5.86. The quantitative estimate of drug-likeness (QED) is 0.892. The maximum absolute atomic E-state index is 12.9. The largest absolute Gasteiger partial charge is 0.385 e.